The molecule has 1 N–H and O–H groups in total. The molecule has 2 aromatic carbocycles. The molecule has 0 saturated heterocycles. The van der Waals surface area contributed by atoms with Gasteiger partial charge < -0.3 is 5.32 Å². The summed E-state index contributed by atoms with van der Waals surface area (Å²) < 4.78 is 0. The number of fused-ring (bicyclic) bond motifs is 1. The molecule has 0 unspecified atom stereocenters. The molecule has 1 heterocycles. The van der Waals surface area contributed by atoms with Crippen LogP contribution in [-0.2, 0) is 0 Å². The summed E-state index contributed by atoms with van der Waals surface area (Å²) in [7, 11) is 0. The lowest BCUT2D eigenvalue weighted by Crippen LogP contribution is -2.00. The Labute approximate surface area is 149 Å². The van der Waals surface area contributed by atoms with E-state index in [1.165, 1.54) is 30.6 Å². The van der Waals surface area contributed by atoms with Gasteiger partial charge in [-0.1, -0.05) is 23.2 Å². The fourth-order valence-electron chi connectivity index (χ4n) is 2.17. The summed E-state index contributed by atoms with van der Waals surface area (Å²) in [6, 6.07) is 6.44. The standard InChI is InChI=1S/C14H7Cl2N5O4/c15-9-4-12(13(21(24)25)5-10(9)16)19-14-8-3-7(20(22)23)1-2-11(8)17-6-18-14/h1-6H,(H,17,18,19). The number of hydrogen-bond acceptors (Lipinski definition) is 7. The van der Waals surface area contributed by atoms with Crippen molar-refractivity contribution in [3.05, 3.63) is 66.9 Å². The van der Waals surface area contributed by atoms with Gasteiger partial charge >= 0.3 is 0 Å². The minimum absolute atomic E-state index is 0.0297. The van der Waals surface area contributed by atoms with Crippen LogP contribution < -0.4 is 5.32 Å². The zero-order valence-electron chi connectivity index (χ0n) is 12.1. The molecule has 0 saturated carbocycles. The average Bonchev–Trinajstić information content (AvgIpc) is 2.57. The predicted molar refractivity (Wildman–Crippen MR) is 92.6 cm³/mol. The Hall–Kier alpha value is -3.04. The molecule has 0 fully saturated rings. The molecule has 126 valence electrons. The Balaban J connectivity index is 2.15. The van der Waals surface area contributed by atoms with Crippen LogP contribution in [0.5, 0.6) is 0 Å². The summed E-state index contributed by atoms with van der Waals surface area (Å²) in [5, 5.41) is 25.4. The van der Waals surface area contributed by atoms with Gasteiger partial charge in [0.2, 0.25) is 0 Å². The van der Waals surface area contributed by atoms with Crippen molar-refractivity contribution in [3.63, 3.8) is 0 Å². The Bertz CT molecular complexity index is 1030. The van der Waals surface area contributed by atoms with Gasteiger partial charge in [-0.3, -0.25) is 20.2 Å². The third kappa shape index (κ3) is 3.28. The van der Waals surface area contributed by atoms with Gasteiger partial charge in [0.05, 0.1) is 25.4 Å². The van der Waals surface area contributed by atoms with E-state index in [2.05, 4.69) is 15.3 Å². The third-order valence-corrected chi connectivity index (χ3v) is 4.04. The van der Waals surface area contributed by atoms with Gasteiger partial charge in [0.25, 0.3) is 11.4 Å². The number of nitrogens with zero attached hydrogens (tertiary/aromatic N) is 4. The second kappa shape index (κ2) is 6.46. The first-order valence-corrected chi connectivity index (χ1v) is 7.42. The first kappa shape index (κ1) is 16.8. The van der Waals surface area contributed by atoms with Crippen LogP contribution in [0.4, 0.5) is 22.9 Å². The maximum atomic E-state index is 11.2. The van der Waals surface area contributed by atoms with Crippen LogP contribution in [0, 0.1) is 20.2 Å². The van der Waals surface area contributed by atoms with Gasteiger partial charge in [-0.15, -0.1) is 0 Å². The summed E-state index contributed by atoms with van der Waals surface area (Å²) in [5.74, 6) is 0.162. The van der Waals surface area contributed by atoms with Gasteiger partial charge in [-0.05, 0) is 12.1 Å². The number of nitro groups is 2. The van der Waals surface area contributed by atoms with Gasteiger partial charge in [0, 0.05) is 23.6 Å². The average molecular weight is 380 g/mol. The number of nitro benzene ring substituents is 2. The minimum Gasteiger partial charge on any atom is -0.334 e. The van der Waals surface area contributed by atoms with E-state index in [4.69, 9.17) is 23.2 Å². The van der Waals surface area contributed by atoms with Crippen LogP contribution in [0.2, 0.25) is 10.0 Å². The lowest BCUT2D eigenvalue weighted by molar-refractivity contribution is -0.384. The van der Waals surface area contributed by atoms with Crippen LogP contribution in [0.25, 0.3) is 10.9 Å². The predicted octanol–water partition coefficient (Wildman–Crippen LogP) is 4.50. The van der Waals surface area contributed by atoms with Crippen LogP contribution in [0.1, 0.15) is 0 Å². The van der Waals surface area contributed by atoms with E-state index in [0.29, 0.717) is 10.9 Å². The summed E-state index contributed by atoms with van der Waals surface area (Å²) in [6.07, 6.45) is 1.24. The van der Waals surface area contributed by atoms with Crippen molar-refractivity contribution in [3.8, 4) is 0 Å². The lowest BCUT2D eigenvalue weighted by Gasteiger charge is -2.09. The molecule has 11 heteroatoms. The molecule has 0 aliphatic carbocycles. The molecular weight excluding hydrogens is 373 g/mol. The quantitative estimate of drug-likeness (QED) is 0.522. The molecule has 9 nitrogen and oxygen atoms in total. The Morgan fingerprint density at radius 1 is 0.960 bits per heavy atom. The minimum atomic E-state index is -0.629. The molecular formula is C14H7Cl2N5O4. The summed E-state index contributed by atoms with van der Waals surface area (Å²) in [4.78, 5) is 29.0. The molecule has 25 heavy (non-hydrogen) atoms. The third-order valence-electron chi connectivity index (χ3n) is 3.32. The highest BCUT2D eigenvalue weighted by Crippen LogP contribution is 2.36. The number of hydrogen-bond donors (Lipinski definition) is 1. The van der Waals surface area contributed by atoms with Crippen LogP contribution in [0.3, 0.4) is 0 Å². The fourth-order valence-corrected chi connectivity index (χ4v) is 2.49. The highest BCUT2D eigenvalue weighted by Gasteiger charge is 2.19. The van der Waals surface area contributed by atoms with Crippen LogP contribution in [0.15, 0.2) is 36.7 Å². The molecule has 3 aromatic rings. The van der Waals surface area contributed by atoms with E-state index >= 15 is 0 Å². The van der Waals surface area contributed by atoms with E-state index < -0.39 is 9.85 Å². The number of anilines is 2. The number of nitrogens with one attached hydrogen (secondary N) is 1. The van der Waals surface area contributed by atoms with E-state index in [-0.39, 0.29) is 32.9 Å². The van der Waals surface area contributed by atoms with E-state index in [0.717, 1.165) is 6.07 Å². The van der Waals surface area contributed by atoms with E-state index in [1.54, 1.807) is 0 Å². The number of rotatable bonds is 4. The van der Waals surface area contributed by atoms with Crippen molar-refractivity contribution in [1.82, 2.24) is 9.97 Å². The van der Waals surface area contributed by atoms with Crippen molar-refractivity contribution >= 4 is 57.0 Å². The summed E-state index contributed by atoms with van der Waals surface area (Å²) >= 11 is 11.7. The first-order valence-electron chi connectivity index (χ1n) is 6.66. The number of non-ortho nitro benzene ring substituents is 1. The highest BCUT2D eigenvalue weighted by molar-refractivity contribution is 6.42. The SMILES string of the molecule is O=[N+]([O-])c1ccc2ncnc(Nc3cc(Cl)c(Cl)cc3[N+](=O)[O-])c2c1. The van der Waals surface area contributed by atoms with Crippen LogP contribution >= 0.6 is 23.2 Å². The zero-order valence-corrected chi connectivity index (χ0v) is 13.7. The van der Waals surface area contributed by atoms with Crippen molar-refractivity contribution < 1.29 is 9.85 Å². The van der Waals surface area contributed by atoms with Gasteiger partial charge in [0.1, 0.15) is 17.8 Å². The maximum absolute atomic E-state index is 11.2. The van der Waals surface area contributed by atoms with Crippen molar-refractivity contribution in [2.75, 3.05) is 5.32 Å². The van der Waals surface area contributed by atoms with Crippen molar-refractivity contribution in [2.24, 2.45) is 0 Å². The molecule has 0 atom stereocenters. The number of halogens is 2. The fraction of sp³-hybridized carbons (Fsp3) is 0. The molecule has 0 amide bonds. The molecule has 0 radical (unpaired) electrons. The van der Waals surface area contributed by atoms with E-state index in [9.17, 15) is 20.2 Å². The highest BCUT2D eigenvalue weighted by atomic mass is 35.5. The van der Waals surface area contributed by atoms with Gasteiger partial charge in [0.15, 0.2) is 0 Å². The molecule has 0 aliphatic heterocycles. The molecule has 1 aromatic heterocycles. The molecule has 0 bridgehead atoms. The normalized spacial score (nSPS) is 10.6. The monoisotopic (exact) mass is 379 g/mol. The second-order valence-corrected chi connectivity index (χ2v) is 5.66. The Morgan fingerprint density at radius 3 is 2.36 bits per heavy atom. The van der Waals surface area contributed by atoms with Gasteiger partial charge in [-0.25, -0.2) is 9.97 Å². The largest absolute Gasteiger partial charge is 0.334 e. The van der Waals surface area contributed by atoms with Gasteiger partial charge in [-0.2, -0.15) is 0 Å². The van der Waals surface area contributed by atoms with Crippen molar-refractivity contribution in [1.29, 1.82) is 0 Å². The summed E-state index contributed by atoms with van der Waals surface area (Å²) in [6.45, 7) is 0. The van der Waals surface area contributed by atoms with E-state index in [1.807, 2.05) is 0 Å². The zero-order chi connectivity index (χ0) is 18.1. The molecule has 3 rings (SSSR count). The Morgan fingerprint density at radius 2 is 1.68 bits per heavy atom. The number of benzene rings is 2. The van der Waals surface area contributed by atoms with Crippen molar-refractivity contribution in [2.45, 2.75) is 0 Å². The topological polar surface area (TPSA) is 124 Å². The number of aromatic nitrogens is 2. The summed E-state index contributed by atoms with van der Waals surface area (Å²) in [5.41, 5.74) is 0.0114. The second-order valence-electron chi connectivity index (χ2n) is 4.85. The maximum Gasteiger partial charge on any atom is 0.294 e. The molecule has 0 spiro atoms. The lowest BCUT2D eigenvalue weighted by atomic mass is 10.2. The first-order chi connectivity index (χ1) is 11.9. The smallest absolute Gasteiger partial charge is 0.294 e. The van der Waals surface area contributed by atoms with Crippen LogP contribution in [-0.4, -0.2) is 19.8 Å². The Kier molecular flexibility index (Phi) is 4.34. The molecule has 0 aliphatic rings.